The van der Waals surface area contributed by atoms with Crippen molar-refractivity contribution in [2.45, 2.75) is 109 Å². The Morgan fingerprint density at radius 1 is 0.824 bits per heavy atom. The molecule has 8 heteroatoms. The molecule has 0 fully saturated rings. The van der Waals surface area contributed by atoms with Gasteiger partial charge in [-0.05, 0) is 45.7 Å². The Bertz CT molecular complexity index is 863. The smallest absolute Gasteiger partial charge is 0.188 e. The molecular weight excluding hydrogens is 464 g/mol. The van der Waals surface area contributed by atoms with Crippen LogP contribution in [-0.4, -0.2) is 42.3 Å². The molecule has 1 atom stereocenters. The first-order valence-electron chi connectivity index (χ1n) is 12.4. The zero-order valence-electron chi connectivity index (χ0n) is 21.8. The molecule has 6 nitrogen and oxygen atoms in total. The zero-order chi connectivity index (χ0) is 25.3. The summed E-state index contributed by atoms with van der Waals surface area (Å²) < 4.78 is 0. The van der Waals surface area contributed by atoms with Crippen molar-refractivity contribution >= 4 is 29.3 Å². The number of rotatable bonds is 14. The average molecular weight is 507 g/mol. The first-order valence-corrected chi connectivity index (χ1v) is 14.4. The Kier molecular flexibility index (Phi) is 16.0. The van der Waals surface area contributed by atoms with E-state index in [9.17, 15) is 9.90 Å². The van der Waals surface area contributed by atoms with E-state index in [1.54, 1.807) is 36.5 Å². The highest BCUT2D eigenvalue weighted by Gasteiger charge is 2.08. The van der Waals surface area contributed by atoms with Gasteiger partial charge in [-0.3, -0.25) is 4.79 Å². The third kappa shape index (κ3) is 13.4. The van der Waals surface area contributed by atoms with Crippen LogP contribution in [0.4, 0.5) is 0 Å². The van der Waals surface area contributed by atoms with Crippen molar-refractivity contribution in [3.05, 3.63) is 34.9 Å². The molecule has 0 spiro atoms. The highest BCUT2D eigenvalue weighted by molar-refractivity contribution is 7.99. The Morgan fingerprint density at radius 3 is 1.79 bits per heavy atom. The second-order valence-corrected chi connectivity index (χ2v) is 10.6. The van der Waals surface area contributed by atoms with Crippen LogP contribution in [-0.2, 0) is 0 Å². The van der Waals surface area contributed by atoms with Crippen molar-refractivity contribution in [3.8, 4) is 0 Å². The molecule has 0 aliphatic rings. The van der Waals surface area contributed by atoms with E-state index in [1.807, 2.05) is 19.9 Å². The first kappa shape index (κ1) is 30.5. The molecule has 0 aromatic carbocycles. The summed E-state index contributed by atoms with van der Waals surface area (Å²) in [5, 5.41) is 11.0. The number of aryl methyl sites for hydroxylation is 2. The van der Waals surface area contributed by atoms with Gasteiger partial charge < -0.3 is 5.11 Å². The van der Waals surface area contributed by atoms with Gasteiger partial charge in [0.05, 0.1) is 11.8 Å². The maximum absolute atomic E-state index is 11.3. The highest BCUT2D eigenvalue weighted by Crippen LogP contribution is 2.19. The summed E-state index contributed by atoms with van der Waals surface area (Å²) in [6.45, 7) is 11.5. The lowest BCUT2D eigenvalue weighted by molar-refractivity contribution is 0.101. The molecule has 2 rings (SSSR count). The van der Waals surface area contributed by atoms with Crippen molar-refractivity contribution in [2.75, 3.05) is 11.5 Å². The predicted octanol–water partition coefficient (Wildman–Crippen LogP) is 7.17. The maximum atomic E-state index is 11.3. The maximum Gasteiger partial charge on any atom is 0.188 e. The molecule has 34 heavy (non-hydrogen) atoms. The average Bonchev–Trinajstić information content (AvgIpc) is 2.78. The zero-order valence-corrected chi connectivity index (χ0v) is 23.4. The van der Waals surface area contributed by atoms with E-state index in [0.29, 0.717) is 11.4 Å². The van der Waals surface area contributed by atoms with Crippen LogP contribution in [0.1, 0.15) is 113 Å². The Labute approximate surface area is 214 Å². The van der Waals surface area contributed by atoms with Gasteiger partial charge in [-0.1, -0.05) is 75.9 Å². The Morgan fingerprint density at radius 2 is 1.32 bits per heavy atom. The molecule has 0 aliphatic heterocycles. The monoisotopic (exact) mass is 506 g/mol. The van der Waals surface area contributed by atoms with Crippen molar-refractivity contribution < 1.29 is 9.90 Å². The Hall–Kier alpha value is -1.51. The lowest BCUT2D eigenvalue weighted by Gasteiger charge is -2.07. The fourth-order valence-corrected chi connectivity index (χ4v) is 4.83. The molecule has 0 saturated carbocycles. The standard InChI is InChI=1S/C13H22N2OS.C13H20N2OS/c2*1-4-5-6-7-8-17-13-14-10(2)9-12(15-13)11(3)16/h9,11,16H,4-8H2,1-3H3;9H,4-8H2,1-3H3. The molecule has 2 heterocycles. The molecule has 0 saturated heterocycles. The molecule has 0 bridgehead atoms. The topological polar surface area (TPSA) is 88.9 Å². The van der Waals surface area contributed by atoms with E-state index in [2.05, 4.69) is 33.8 Å². The molecule has 0 amide bonds. The summed E-state index contributed by atoms with van der Waals surface area (Å²) in [5.74, 6) is 2.09. The van der Waals surface area contributed by atoms with Crippen molar-refractivity contribution in [3.63, 3.8) is 0 Å². The summed E-state index contributed by atoms with van der Waals surface area (Å²) in [6.07, 6.45) is 9.51. The molecule has 1 N–H and O–H groups in total. The highest BCUT2D eigenvalue weighted by atomic mass is 32.2. The van der Waals surface area contributed by atoms with Gasteiger partial charge in [0.1, 0.15) is 5.69 Å². The summed E-state index contributed by atoms with van der Waals surface area (Å²) in [7, 11) is 0. The summed E-state index contributed by atoms with van der Waals surface area (Å²) >= 11 is 3.33. The van der Waals surface area contributed by atoms with Crippen LogP contribution in [0.25, 0.3) is 0 Å². The normalized spacial score (nSPS) is 11.6. The number of aliphatic hydroxyl groups is 1. The predicted molar refractivity (Wildman–Crippen MR) is 144 cm³/mol. The number of nitrogens with zero attached hydrogens (tertiary/aromatic N) is 4. The minimum Gasteiger partial charge on any atom is -0.387 e. The van der Waals surface area contributed by atoms with Gasteiger partial charge in [0.15, 0.2) is 16.1 Å². The minimum absolute atomic E-state index is 0.00309. The van der Waals surface area contributed by atoms with Crippen LogP contribution in [0.5, 0.6) is 0 Å². The van der Waals surface area contributed by atoms with Gasteiger partial charge in [-0.2, -0.15) is 0 Å². The SMILES string of the molecule is CCCCCCSc1nc(C)cc(C(C)=O)n1.CCCCCCSc1nc(C)cc(C(C)O)n1. The van der Waals surface area contributed by atoms with Crippen LogP contribution in [0.3, 0.4) is 0 Å². The number of thioether (sulfide) groups is 2. The number of ketones is 1. The number of hydrogen-bond donors (Lipinski definition) is 1. The van der Waals surface area contributed by atoms with E-state index in [0.717, 1.165) is 33.2 Å². The number of aliphatic hydroxyl groups excluding tert-OH is 1. The van der Waals surface area contributed by atoms with Gasteiger partial charge in [0, 0.05) is 29.8 Å². The molecule has 2 aromatic heterocycles. The number of carbonyl (C=O) groups is 1. The second kappa shape index (κ2) is 17.9. The van der Waals surface area contributed by atoms with Crippen molar-refractivity contribution in [1.82, 2.24) is 19.9 Å². The van der Waals surface area contributed by atoms with E-state index in [4.69, 9.17) is 0 Å². The lowest BCUT2D eigenvalue weighted by atomic mass is 10.2. The number of hydrogen-bond acceptors (Lipinski definition) is 8. The summed E-state index contributed by atoms with van der Waals surface area (Å²) in [5.41, 5.74) is 3.02. The van der Waals surface area contributed by atoms with Crippen LogP contribution >= 0.6 is 23.5 Å². The molecule has 0 aliphatic carbocycles. The summed E-state index contributed by atoms with van der Waals surface area (Å²) in [6, 6.07) is 3.58. The van der Waals surface area contributed by atoms with Crippen LogP contribution in [0, 0.1) is 13.8 Å². The number of unbranched alkanes of at least 4 members (excludes halogenated alkanes) is 6. The van der Waals surface area contributed by atoms with Crippen LogP contribution < -0.4 is 0 Å². The number of aromatic nitrogens is 4. The van der Waals surface area contributed by atoms with Gasteiger partial charge in [-0.25, -0.2) is 19.9 Å². The van der Waals surface area contributed by atoms with Crippen molar-refractivity contribution in [1.29, 1.82) is 0 Å². The fourth-order valence-electron chi connectivity index (χ4n) is 3.01. The molecule has 1 unspecified atom stereocenters. The van der Waals surface area contributed by atoms with Gasteiger partial charge in [0.2, 0.25) is 0 Å². The van der Waals surface area contributed by atoms with Gasteiger partial charge in [0.25, 0.3) is 0 Å². The van der Waals surface area contributed by atoms with E-state index < -0.39 is 6.10 Å². The molecular formula is C26H42N4O2S2. The minimum atomic E-state index is -0.517. The van der Waals surface area contributed by atoms with Crippen LogP contribution in [0.2, 0.25) is 0 Å². The quantitative estimate of drug-likeness (QED) is 0.125. The summed E-state index contributed by atoms with van der Waals surface area (Å²) in [4.78, 5) is 28.6. The Balaban J connectivity index is 0.000000340. The van der Waals surface area contributed by atoms with Gasteiger partial charge in [-0.15, -0.1) is 0 Å². The second-order valence-electron chi connectivity index (χ2n) is 8.44. The molecule has 190 valence electrons. The third-order valence-electron chi connectivity index (χ3n) is 4.93. The number of Topliss-reactive ketones (excluding diaryl/α,β-unsaturated/α-hetero) is 1. The van der Waals surface area contributed by atoms with Crippen molar-refractivity contribution in [2.24, 2.45) is 0 Å². The first-order chi connectivity index (χ1) is 16.3. The number of carbonyl (C=O) groups excluding carboxylic acids is 1. The largest absolute Gasteiger partial charge is 0.387 e. The molecule has 2 aromatic rings. The van der Waals surface area contributed by atoms with E-state index in [-0.39, 0.29) is 5.78 Å². The molecule has 0 radical (unpaired) electrons. The lowest BCUT2D eigenvalue weighted by Crippen LogP contribution is -2.01. The third-order valence-corrected chi connectivity index (χ3v) is 6.80. The van der Waals surface area contributed by atoms with E-state index in [1.165, 1.54) is 58.3 Å². The fraction of sp³-hybridized carbons (Fsp3) is 0.654. The van der Waals surface area contributed by atoms with E-state index >= 15 is 0 Å². The van der Waals surface area contributed by atoms with Gasteiger partial charge >= 0.3 is 0 Å². The van der Waals surface area contributed by atoms with Crippen LogP contribution in [0.15, 0.2) is 22.4 Å².